The molecule has 0 radical (unpaired) electrons. The Kier molecular flexibility index (Phi) is 6.14. The average Bonchev–Trinajstić information content (AvgIpc) is 1.89. The molecular weight excluding hydrogens is 146 g/mol. The highest BCUT2D eigenvalue weighted by molar-refractivity contribution is 6.20. The van der Waals surface area contributed by atoms with Gasteiger partial charge in [0.2, 0.25) is 0 Å². The Morgan fingerprint density at radius 2 is 2.00 bits per heavy atom. The molecule has 0 bridgehead atoms. The smallest absolute Gasteiger partial charge is 0.0821 e. The first kappa shape index (κ1) is 10.2. The lowest BCUT2D eigenvalue weighted by Gasteiger charge is -2.22. The van der Waals surface area contributed by atoms with Gasteiger partial charge in [-0.3, -0.25) is 4.90 Å². The highest BCUT2D eigenvalue weighted by atomic mass is 35.5. The van der Waals surface area contributed by atoms with Gasteiger partial charge in [-0.1, -0.05) is 20.3 Å². The van der Waals surface area contributed by atoms with Crippen LogP contribution in [0.15, 0.2) is 0 Å². The van der Waals surface area contributed by atoms with E-state index in [2.05, 4.69) is 18.7 Å². The molecule has 1 atom stereocenters. The number of alkyl halides is 1. The van der Waals surface area contributed by atoms with E-state index >= 15 is 0 Å². The van der Waals surface area contributed by atoms with Crippen molar-refractivity contribution in [3.05, 3.63) is 0 Å². The van der Waals surface area contributed by atoms with E-state index in [0.717, 1.165) is 13.1 Å². The molecule has 0 aliphatic carbocycles. The van der Waals surface area contributed by atoms with Gasteiger partial charge in [-0.2, -0.15) is 0 Å². The average molecular weight is 164 g/mol. The zero-order valence-electron chi connectivity index (χ0n) is 7.23. The molecule has 1 nitrogen and oxygen atoms in total. The predicted molar refractivity (Wildman–Crippen MR) is 47.5 cm³/mol. The van der Waals surface area contributed by atoms with Crippen LogP contribution in [0.2, 0.25) is 0 Å². The van der Waals surface area contributed by atoms with Gasteiger partial charge in [0, 0.05) is 0 Å². The third-order valence-corrected chi connectivity index (χ3v) is 1.98. The maximum atomic E-state index is 5.91. The summed E-state index contributed by atoms with van der Waals surface area (Å²) in [4.78, 5) is 2.27. The molecule has 0 saturated heterocycles. The number of unbranched alkanes of at least 4 members (excludes halogenated alkanes) is 1. The summed E-state index contributed by atoms with van der Waals surface area (Å²) in [6, 6.07) is 0. The molecule has 2 heteroatoms. The minimum atomic E-state index is 0.191. The molecule has 0 saturated carbocycles. The first-order valence-electron chi connectivity index (χ1n) is 4.10. The van der Waals surface area contributed by atoms with Crippen LogP contribution >= 0.6 is 11.6 Å². The number of rotatable bonds is 5. The van der Waals surface area contributed by atoms with Crippen LogP contribution in [0.3, 0.4) is 0 Å². The monoisotopic (exact) mass is 163 g/mol. The lowest BCUT2D eigenvalue weighted by molar-refractivity contribution is 0.272. The molecule has 0 fully saturated rings. The second-order valence-corrected chi connectivity index (χ2v) is 3.19. The Bertz CT molecular complexity index is 73.7. The summed E-state index contributed by atoms with van der Waals surface area (Å²) in [5, 5.41) is 0. The van der Waals surface area contributed by atoms with Crippen molar-refractivity contribution in [3.8, 4) is 0 Å². The van der Waals surface area contributed by atoms with Crippen LogP contribution in [-0.2, 0) is 0 Å². The van der Waals surface area contributed by atoms with Gasteiger partial charge in [0.25, 0.3) is 0 Å². The van der Waals surface area contributed by atoms with E-state index in [9.17, 15) is 0 Å². The fourth-order valence-corrected chi connectivity index (χ4v) is 1.18. The second-order valence-electron chi connectivity index (χ2n) is 2.56. The van der Waals surface area contributed by atoms with E-state index in [1.165, 1.54) is 12.8 Å². The first-order valence-corrected chi connectivity index (χ1v) is 4.54. The maximum Gasteiger partial charge on any atom is 0.0821 e. The van der Waals surface area contributed by atoms with Crippen LogP contribution in [0.1, 0.15) is 33.6 Å². The summed E-state index contributed by atoms with van der Waals surface area (Å²) in [7, 11) is 0. The van der Waals surface area contributed by atoms with Gasteiger partial charge in [-0.25, -0.2) is 0 Å². The molecule has 0 aliphatic rings. The Morgan fingerprint density at radius 1 is 1.40 bits per heavy atom. The topological polar surface area (TPSA) is 3.24 Å². The molecule has 1 unspecified atom stereocenters. The lowest BCUT2D eigenvalue weighted by atomic mass is 10.3. The summed E-state index contributed by atoms with van der Waals surface area (Å²) >= 11 is 5.91. The van der Waals surface area contributed by atoms with Gasteiger partial charge in [-0.15, -0.1) is 11.6 Å². The van der Waals surface area contributed by atoms with Crippen molar-refractivity contribution in [2.75, 3.05) is 13.1 Å². The van der Waals surface area contributed by atoms with Crippen LogP contribution in [-0.4, -0.2) is 23.5 Å². The molecule has 0 spiro atoms. The van der Waals surface area contributed by atoms with Crippen molar-refractivity contribution in [2.24, 2.45) is 0 Å². The fraction of sp³-hybridized carbons (Fsp3) is 1.00. The van der Waals surface area contributed by atoms with Gasteiger partial charge in [0.15, 0.2) is 0 Å². The number of hydrogen-bond donors (Lipinski definition) is 0. The normalized spacial score (nSPS) is 14.1. The minimum Gasteiger partial charge on any atom is -0.288 e. The van der Waals surface area contributed by atoms with Crippen molar-refractivity contribution in [3.63, 3.8) is 0 Å². The molecule has 0 heterocycles. The van der Waals surface area contributed by atoms with E-state index in [1.54, 1.807) is 0 Å². The van der Waals surface area contributed by atoms with Crippen LogP contribution < -0.4 is 0 Å². The molecule has 0 aliphatic heterocycles. The molecule has 0 N–H and O–H groups in total. The van der Waals surface area contributed by atoms with Gasteiger partial charge >= 0.3 is 0 Å². The standard InChI is InChI=1S/C8H18ClN/c1-4-6-7-10(5-2)8(3)9/h8H,4-7H2,1-3H3. The quantitative estimate of drug-likeness (QED) is 0.445. The molecule has 0 amide bonds. The predicted octanol–water partition coefficient (Wildman–Crippen LogP) is 2.69. The zero-order chi connectivity index (χ0) is 7.98. The van der Waals surface area contributed by atoms with Crippen molar-refractivity contribution in [1.29, 1.82) is 0 Å². The second kappa shape index (κ2) is 5.99. The third kappa shape index (κ3) is 4.13. The van der Waals surface area contributed by atoms with E-state index in [-0.39, 0.29) is 5.50 Å². The largest absolute Gasteiger partial charge is 0.288 e. The van der Waals surface area contributed by atoms with Gasteiger partial charge < -0.3 is 0 Å². The summed E-state index contributed by atoms with van der Waals surface area (Å²) < 4.78 is 0. The van der Waals surface area contributed by atoms with Crippen molar-refractivity contribution in [2.45, 2.75) is 39.1 Å². The summed E-state index contributed by atoms with van der Waals surface area (Å²) in [5.41, 5.74) is 0.191. The zero-order valence-corrected chi connectivity index (χ0v) is 7.99. The van der Waals surface area contributed by atoms with Gasteiger partial charge in [0.05, 0.1) is 5.50 Å². The van der Waals surface area contributed by atoms with E-state index in [4.69, 9.17) is 11.6 Å². The minimum absolute atomic E-state index is 0.191. The fourth-order valence-electron chi connectivity index (χ4n) is 0.949. The molecule has 0 aromatic rings. The third-order valence-electron chi connectivity index (χ3n) is 1.71. The Balaban J connectivity index is 3.40. The number of halogens is 1. The number of nitrogens with zero attached hydrogens (tertiary/aromatic N) is 1. The summed E-state index contributed by atoms with van der Waals surface area (Å²) in [5.74, 6) is 0. The van der Waals surface area contributed by atoms with Gasteiger partial charge in [0.1, 0.15) is 0 Å². The first-order chi connectivity index (χ1) is 4.72. The van der Waals surface area contributed by atoms with Crippen molar-refractivity contribution < 1.29 is 0 Å². The van der Waals surface area contributed by atoms with Gasteiger partial charge in [-0.05, 0) is 26.4 Å². The molecule has 0 aromatic carbocycles. The summed E-state index contributed by atoms with van der Waals surface area (Å²) in [6.07, 6.45) is 2.50. The van der Waals surface area contributed by atoms with Crippen LogP contribution in [0.4, 0.5) is 0 Å². The maximum absolute atomic E-state index is 5.91. The van der Waals surface area contributed by atoms with E-state index in [0.29, 0.717) is 0 Å². The Hall–Kier alpha value is 0.250. The Labute approximate surface area is 69.4 Å². The number of hydrogen-bond acceptors (Lipinski definition) is 1. The summed E-state index contributed by atoms with van der Waals surface area (Å²) in [6.45, 7) is 8.57. The lowest BCUT2D eigenvalue weighted by Crippen LogP contribution is -2.29. The van der Waals surface area contributed by atoms with Crippen molar-refractivity contribution in [1.82, 2.24) is 4.90 Å². The van der Waals surface area contributed by atoms with Crippen LogP contribution in [0.25, 0.3) is 0 Å². The molecule has 62 valence electrons. The van der Waals surface area contributed by atoms with Crippen LogP contribution in [0, 0.1) is 0 Å². The highest BCUT2D eigenvalue weighted by Crippen LogP contribution is 2.04. The molecular formula is C8H18ClN. The van der Waals surface area contributed by atoms with Crippen LogP contribution in [0.5, 0.6) is 0 Å². The van der Waals surface area contributed by atoms with Crippen molar-refractivity contribution >= 4 is 11.6 Å². The molecule has 10 heavy (non-hydrogen) atoms. The van der Waals surface area contributed by atoms with E-state index in [1.807, 2.05) is 6.92 Å². The highest BCUT2D eigenvalue weighted by Gasteiger charge is 2.05. The SMILES string of the molecule is CCCCN(CC)C(C)Cl. The Morgan fingerprint density at radius 3 is 2.30 bits per heavy atom. The molecule has 0 rings (SSSR count). The van der Waals surface area contributed by atoms with E-state index < -0.39 is 0 Å². The molecule has 0 aromatic heterocycles.